The monoisotopic (exact) mass is 212 g/mol. The van der Waals surface area contributed by atoms with Gasteiger partial charge in [-0.1, -0.05) is 18.2 Å². The summed E-state index contributed by atoms with van der Waals surface area (Å²) in [5.41, 5.74) is 8.02. The van der Waals surface area contributed by atoms with Gasteiger partial charge in [0.1, 0.15) is 0 Å². The molecule has 80 valence electrons. The molecule has 0 radical (unpaired) electrons. The molecule has 0 atom stereocenters. The van der Waals surface area contributed by atoms with Crippen LogP contribution in [-0.4, -0.2) is 9.67 Å². The lowest BCUT2D eigenvalue weighted by molar-refractivity contribution is 0.481. The van der Waals surface area contributed by atoms with Crippen molar-refractivity contribution >= 4 is 27.5 Å². The quantitative estimate of drug-likeness (QED) is 0.444. The Morgan fingerprint density at radius 3 is 2.62 bits per heavy atom. The Hall–Kier alpha value is -2.16. The van der Waals surface area contributed by atoms with Crippen LogP contribution in [0.4, 0.5) is 5.69 Å². The molecule has 3 nitrogen and oxygen atoms in total. The largest absolute Gasteiger partial charge is 0.504 e. The number of aromatic hydroxyl groups is 1. The van der Waals surface area contributed by atoms with Crippen LogP contribution >= 0.6 is 0 Å². The van der Waals surface area contributed by atoms with Crippen LogP contribution in [-0.2, 0) is 7.05 Å². The molecule has 3 heteroatoms. The van der Waals surface area contributed by atoms with E-state index in [-0.39, 0.29) is 5.75 Å². The van der Waals surface area contributed by atoms with Gasteiger partial charge in [0.25, 0.3) is 0 Å². The van der Waals surface area contributed by atoms with E-state index in [4.69, 9.17) is 5.73 Å². The van der Waals surface area contributed by atoms with Crippen molar-refractivity contribution in [2.45, 2.75) is 0 Å². The van der Waals surface area contributed by atoms with Gasteiger partial charge >= 0.3 is 0 Å². The van der Waals surface area contributed by atoms with Crippen molar-refractivity contribution < 1.29 is 5.11 Å². The molecule has 0 bridgehead atoms. The number of anilines is 1. The molecule has 3 N–H and O–H groups in total. The first-order chi connectivity index (χ1) is 7.70. The Morgan fingerprint density at radius 2 is 1.81 bits per heavy atom. The zero-order valence-electron chi connectivity index (χ0n) is 8.94. The third-order valence-electron chi connectivity index (χ3n) is 3.07. The number of phenolic OH excluding ortho intramolecular Hbond substituents is 1. The van der Waals surface area contributed by atoms with Crippen LogP contribution in [0.25, 0.3) is 21.8 Å². The first-order valence-electron chi connectivity index (χ1n) is 5.14. The number of nitrogens with two attached hydrogens (primary N) is 1. The minimum absolute atomic E-state index is 0.163. The van der Waals surface area contributed by atoms with Gasteiger partial charge in [0.2, 0.25) is 0 Å². The third kappa shape index (κ3) is 0.972. The van der Waals surface area contributed by atoms with Crippen LogP contribution in [0.2, 0.25) is 0 Å². The topological polar surface area (TPSA) is 51.2 Å². The van der Waals surface area contributed by atoms with Gasteiger partial charge in [-0.15, -0.1) is 0 Å². The lowest BCUT2D eigenvalue weighted by atomic mass is 10.1. The van der Waals surface area contributed by atoms with Gasteiger partial charge in [-0.25, -0.2) is 0 Å². The Labute approximate surface area is 92.7 Å². The number of benzene rings is 2. The number of nitrogen functional groups attached to an aromatic ring is 1. The highest BCUT2D eigenvalue weighted by molar-refractivity contribution is 6.11. The van der Waals surface area contributed by atoms with E-state index in [1.165, 1.54) is 0 Å². The molecule has 3 aromatic rings. The van der Waals surface area contributed by atoms with Crippen molar-refractivity contribution in [3.63, 3.8) is 0 Å². The summed E-state index contributed by atoms with van der Waals surface area (Å²) in [6.07, 6.45) is 0. The molecule has 0 spiro atoms. The fraction of sp³-hybridized carbons (Fsp3) is 0.0769. The minimum atomic E-state index is 0.163. The van der Waals surface area contributed by atoms with Crippen molar-refractivity contribution in [3.05, 3.63) is 36.4 Å². The molecule has 0 aliphatic carbocycles. The second-order valence-electron chi connectivity index (χ2n) is 3.98. The number of hydrogen-bond donors (Lipinski definition) is 2. The van der Waals surface area contributed by atoms with Crippen LogP contribution in [0, 0.1) is 0 Å². The highest BCUT2D eigenvalue weighted by atomic mass is 16.3. The summed E-state index contributed by atoms with van der Waals surface area (Å²) in [5, 5.41) is 12.2. The second kappa shape index (κ2) is 2.92. The van der Waals surface area contributed by atoms with Gasteiger partial charge < -0.3 is 15.4 Å². The first kappa shape index (κ1) is 9.09. The van der Waals surface area contributed by atoms with E-state index in [0.717, 1.165) is 21.8 Å². The summed E-state index contributed by atoms with van der Waals surface area (Å²) in [7, 11) is 1.93. The number of aromatic nitrogens is 1. The molecule has 0 fully saturated rings. The Morgan fingerprint density at radius 1 is 1.06 bits per heavy atom. The van der Waals surface area contributed by atoms with Crippen molar-refractivity contribution in [2.24, 2.45) is 7.05 Å². The number of phenols is 1. The molecule has 0 unspecified atom stereocenters. The maximum absolute atomic E-state index is 9.99. The van der Waals surface area contributed by atoms with Gasteiger partial charge in [0, 0.05) is 23.3 Å². The zero-order chi connectivity index (χ0) is 11.3. The van der Waals surface area contributed by atoms with E-state index in [2.05, 4.69) is 0 Å². The number of para-hydroxylation sites is 1. The average Bonchev–Trinajstić information content (AvgIpc) is 2.59. The van der Waals surface area contributed by atoms with Crippen LogP contribution < -0.4 is 5.73 Å². The molecule has 2 aromatic carbocycles. The van der Waals surface area contributed by atoms with Crippen LogP contribution in [0.3, 0.4) is 0 Å². The SMILES string of the molecule is Cn1c2ccccc2c2ccc(N)c(O)c21. The standard InChI is InChI=1S/C13H12N2O/c1-15-11-5-3-2-4-8(11)9-6-7-10(14)13(16)12(9)15/h2-7,16H,14H2,1H3. The van der Waals surface area contributed by atoms with Crippen LogP contribution in [0.5, 0.6) is 5.75 Å². The number of aryl methyl sites for hydroxylation is 1. The van der Waals surface area contributed by atoms with E-state index in [1.54, 1.807) is 6.07 Å². The van der Waals surface area contributed by atoms with E-state index in [0.29, 0.717) is 5.69 Å². The third-order valence-corrected chi connectivity index (χ3v) is 3.07. The summed E-state index contributed by atoms with van der Waals surface area (Å²) in [5.74, 6) is 0.163. The van der Waals surface area contributed by atoms with Gasteiger partial charge in [0.05, 0.1) is 11.2 Å². The predicted molar refractivity (Wildman–Crippen MR) is 66.5 cm³/mol. The molecule has 16 heavy (non-hydrogen) atoms. The summed E-state index contributed by atoms with van der Waals surface area (Å²) in [4.78, 5) is 0. The molecule has 0 aliphatic heterocycles. The predicted octanol–water partition coefficient (Wildman–Crippen LogP) is 2.62. The highest BCUT2D eigenvalue weighted by Gasteiger charge is 2.12. The summed E-state index contributed by atoms with van der Waals surface area (Å²) in [6, 6.07) is 11.8. The molecule has 3 rings (SSSR count). The van der Waals surface area contributed by atoms with Crippen molar-refractivity contribution in [1.82, 2.24) is 4.57 Å². The van der Waals surface area contributed by atoms with Crippen molar-refractivity contribution in [2.75, 3.05) is 5.73 Å². The second-order valence-corrected chi connectivity index (χ2v) is 3.98. The van der Waals surface area contributed by atoms with Gasteiger partial charge in [-0.05, 0) is 18.2 Å². The smallest absolute Gasteiger partial charge is 0.163 e. The molecule has 0 aliphatic rings. The van der Waals surface area contributed by atoms with Crippen molar-refractivity contribution in [1.29, 1.82) is 0 Å². The number of rotatable bonds is 0. The number of hydrogen-bond acceptors (Lipinski definition) is 2. The summed E-state index contributed by atoms with van der Waals surface area (Å²) in [6.45, 7) is 0. The van der Waals surface area contributed by atoms with E-state index in [1.807, 2.05) is 41.9 Å². The first-order valence-corrected chi connectivity index (χ1v) is 5.14. The molecular formula is C13H12N2O. The van der Waals surface area contributed by atoms with Gasteiger partial charge in [-0.3, -0.25) is 0 Å². The molecule has 0 saturated heterocycles. The maximum Gasteiger partial charge on any atom is 0.163 e. The maximum atomic E-state index is 9.99. The minimum Gasteiger partial charge on any atom is -0.504 e. The molecule has 1 aromatic heterocycles. The van der Waals surface area contributed by atoms with Crippen LogP contribution in [0.15, 0.2) is 36.4 Å². The fourth-order valence-corrected chi connectivity index (χ4v) is 2.27. The van der Waals surface area contributed by atoms with Crippen molar-refractivity contribution in [3.8, 4) is 5.75 Å². The highest BCUT2D eigenvalue weighted by Crippen LogP contribution is 2.36. The molecule has 0 saturated carbocycles. The molecule has 1 heterocycles. The zero-order valence-corrected chi connectivity index (χ0v) is 8.94. The van der Waals surface area contributed by atoms with Gasteiger partial charge in [0.15, 0.2) is 5.75 Å². The lowest BCUT2D eigenvalue weighted by Crippen LogP contribution is -1.90. The average molecular weight is 212 g/mol. The van der Waals surface area contributed by atoms with Gasteiger partial charge in [-0.2, -0.15) is 0 Å². The lowest BCUT2D eigenvalue weighted by Gasteiger charge is -2.02. The summed E-state index contributed by atoms with van der Waals surface area (Å²) < 4.78 is 1.97. The Kier molecular flexibility index (Phi) is 1.66. The number of nitrogens with zero attached hydrogens (tertiary/aromatic N) is 1. The van der Waals surface area contributed by atoms with E-state index in [9.17, 15) is 5.11 Å². The normalized spacial score (nSPS) is 11.3. The summed E-state index contributed by atoms with van der Waals surface area (Å²) >= 11 is 0. The number of fused-ring (bicyclic) bond motifs is 3. The molecular weight excluding hydrogens is 200 g/mol. The van der Waals surface area contributed by atoms with E-state index < -0.39 is 0 Å². The molecule has 0 amide bonds. The fourth-order valence-electron chi connectivity index (χ4n) is 2.27. The van der Waals surface area contributed by atoms with Crippen LogP contribution in [0.1, 0.15) is 0 Å². The Balaban J connectivity index is 2.67. The Bertz CT molecular complexity index is 698. The van der Waals surface area contributed by atoms with E-state index >= 15 is 0 Å².